The number of nitrogens with zero attached hydrogens (tertiary/aromatic N) is 2. The van der Waals surface area contributed by atoms with Crippen molar-refractivity contribution in [2.75, 3.05) is 47.4 Å². The number of likely N-dealkylation sites (N-methyl/N-ethyl adjacent to an activating group) is 1. The first-order chi connectivity index (χ1) is 7.13. The van der Waals surface area contributed by atoms with Gasteiger partial charge in [0.25, 0.3) is 0 Å². The monoisotopic (exact) mass is 215 g/mol. The summed E-state index contributed by atoms with van der Waals surface area (Å²) in [5.74, 6) is 0. The molecule has 0 aromatic heterocycles. The van der Waals surface area contributed by atoms with Gasteiger partial charge in [0, 0.05) is 25.7 Å². The molecule has 1 saturated heterocycles. The first-order valence-electron chi connectivity index (χ1n) is 5.76. The summed E-state index contributed by atoms with van der Waals surface area (Å²) < 4.78 is 5.05. The number of hydrogen-bond donors (Lipinski definition) is 1. The fourth-order valence-electron chi connectivity index (χ4n) is 2.22. The van der Waals surface area contributed by atoms with E-state index in [4.69, 9.17) is 10.5 Å². The van der Waals surface area contributed by atoms with Crippen molar-refractivity contribution < 1.29 is 4.74 Å². The largest absolute Gasteiger partial charge is 0.383 e. The Hall–Kier alpha value is -0.160. The maximum absolute atomic E-state index is 5.94. The second-order valence-corrected chi connectivity index (χ2v) is 4.69. The number of rotatable bonds is 5. The summed E-state index contributed by atoms with van der Waals surface area (Å²) in [6.45, 7) is 3.99. The van der Waals surface area contributed by atoms with Gasteiger partial charge in [0.2, 0.25) is 0 Å². The van der Waals surface area contributed by atoms with E-state index in [1.54, 1.807) is 7.11 Å². The fourth-order valence-corrected chi connectivity index (χ4v) is 2.22. The van der Waals surface area contributed by atoms with E-state index < -0.39 is 0 Å². The van der Waals surface area contributed by atoms with Gasteiger partial charge >= 0.3 is 0 Å². The van der Waals surface area contributed by atoms with Gasteiger partial charge in [0.05, 0.1) is 6.61 Å². The summed E-state index contributed by atoms with van der Waals surface area (Å²) in [4.78, 5) is 4.77. The van der Waals surface area contributed by atoms with E-state index in [1.807, 2.05) is 0 Å². The lowest BCUT2D eigenvalue weighted by Crippen LogP contribution is -2.47. The van der Waals surface area contributed by atoms with Gasteiger partial charge in [-0.15, -0.1) is 0 Å². The lowest BCUT2D eigenvalue weighted by Gasteiger charge is -2.36. The van der Waals surface area contributed by atoms with Crippen molar-refractivity contribution in [3.05, 3.63) is 0 Å². The van der Waals surface area contributed by atoms with Crippen LogP contribution < -0.4 is 5.73 Å². The van der Waals surface area contributed by atoms with Crippen LogP contribution in [0.2, 0.25) is 0 Å². The molecule has 0 aromatic rings. The molecular weight excluding hydrogens is 190 g/mol. The van der Waals surface area contributed by atoms with Gasteiger partial charge in [-0.2, -0.15) is 0 Å². The van der Waals surface area contributed by atoms with Gasteiger partial charge in [-0.05, 0) is 40.0 Å². The summed E-state index contributed by atoms with van der Waals surface area (Å²) in [6, 6.07) is 0.837. The first kappa shape index (κ1) is 12.9. The Labute approximate surface area is 93.4 Å². The quantitative estimate of drug-likeness (QED) is 0.700. The molecule has 15 heavy (non-hydrogen) atoms. The molecule has 1 unspecified atom stereocenters. The molecule has 0 radical (unpaired) electrons. The van der Waals surface area contributed by atoms with E-state index in [1.165, 1.54) is 25.9 Å². The molecule has 0 aromatic carbocycles. The maximum Gasteiger partial charge on any atom is 0.0626 e. The van der Waals surface area contributed by atoms with Crippen molar-refractivity contribution in [2.45, 2.75) is 24.9 Å². The Morgan fingerprint density at radius 1 is 1.47 bits per heavy atom. The zero-order chi connectivity index (χ0) is 11.3. The Bertz CT molecular complexity index is 169. The number of ether oxygens (including phenoxy) is 1. The Morgan fingerprint density at radius 3 is 2.60 bits per heavy atom. The minimum atomic E-state index is 0.139. The average Bonchev–Trinajstić information content (AvgIpc) is 2.18. The van der Waals surface area contributed by atoms with Gasteiger partial charge in [0.15, 0.2) is 0 Å². The van der Waals surface area contributed by atoms with Crippen LogP contribution in [-0.4, -0.2) is 69.3 Å². The summed E-state index contributed by atoms with van der Waals surface area (Å²) in [7, 11) is 6.06. The number of hydrogen-bond acceptors (Lipinski definition) is 4. The zero-order valence-electron chi connectivity index (χ0n) is 10.3. The third-order valence-electron chi connectivity index (χ3n) is 3.21. The van der Waals surface area contributed by atoms with E-state index in [-0.39, 0.29) is 6.04 Å². The normalized spacial score (nSPS) is 22.2. The molecule has 0 amide bonds. The molecule has 0 saturated carbocycles. The summed E-state index contributed by atoms with van der Waals surface area (Å²) in [5, 5.41) is 0. The Balaban J connectivity index is 2.24. The van der Waals surface area contributed by atoms with Crippen molar-refractivity contribution >= 4 is 0 Å². The molecule has 1 aliphatic heterocycles. The molecule has 90 valence electrons. The van der Waals surface area contributed by atoms with Gasteiger partial charge in [-0.1, -0.05) is 0 Å². The molecule has 1 heterocycles. The zero-order valence-corrected chi connectivity index (χ0v) is 10.3. The van der Waals surface area contributed by atoms with Crippen molar-refractivity contribution in [1.29, 1.82) is 0 Å². The molecule has 0 aliphatic carbocycles. The molecule has 1 aliphatic rings. The predicted molar refractivity (Wildman–Crippen MR) is 63.0 cm³/mol. The lowest BCUT2D eigenvalue weighted by atomic mass is 10.0. The van der Waals surface area contributed by atoms with Crippen LogP contribution in [0.5, 0.6) is 0 Å². The van der Waals surface area contributed by atoms with Crippen LogP contribution >= 0.6 is 0 Å². The highest BCUT2D eigenvalue weighted by atomic mass is 16.5. The molecule has 1 rings (SSSR count). The van der Waals surface area contributed by atoms with Crippen LogP contribution in [0, 0.1) is 0 Å². The van der Waals surface area contributed by atoms with E-state index in [0.29, 0.717) is 12.6 Å². The molecule has 1 atom stereocenters. The van der Waals surface area contributed by atoms with E-state index in [9.17, 15) is 0 Å². The highest BCUT2D eigenvalue weighted by molar-refractivity contribution is 4.78. The molecule has 0 spiro atoms. The standard InChI is InChI=1S/C11H25N3O/c1-13-6-4-11(5-7-13)14(2)8-10(12)9-15-3/h10-11H,4-9,12H2,1-3H3. The van der Waals surface area contributed by atoms with Crippen molar-refractivity contribution in [2.24, 2.45) is 5.73 Å². The minimum Gasteiger partial charge on any atom is -0.383 e. The SMILES string of the molecule is COCC(N)CN(C)C1CCN(C)CC1. The molecule has 4 heteroatoms. The van der Waals surface area contributed by atoms with Crippen LogP contribution in [-0.2, 0) is 4.74 Å². The lowest BCUT2D eigenvalue weighted by molar-refractivity contribution is 0.115. The molecule has 2 N–H and O–H groups in total. The third-order valence-corrected chi connectivity index (χ3v) is 3.21. The van der Waals surface area contributed by atoms with Gasteiger partial charge in [-0.3, -0.25) is 0 Å². The molecule has 0 bridgehead atoms. The minimum absolute atomic E-state index is 0.139. The number of methoxy groups -OCH3 is 1. The van der Waals surface area contributed by atoms with Crippen molar-refractivity contribution in [3.63, 3.8) is 0 Å². The first-order valence-corrected chi connectivity index (χ1v) is 5.76. The van der Waals surface area contributed by atoms with Gasteiger partial charge in [0.1, 0.15) is 0 Å². The summed E-state index contributed by atoms with van der Waals surface area (Å²) in [6.07, 6.45) is 2.51. The maximum atomic E-state index is 5.94. The van der Waals surface area contributed by atoms with Crippen LogP contribution in [0.3, 0.4) is 0 Å². The predicted octanol–water partition coefficient (Wildman–Crippen LogP) is -0.0139. The average molecular weight is 215 g/mol. The Morgan fingerprint density at radius 2 is 2.07 bits per heavy atom. The number of likely N-dealkylation sites (tertiary alicyclic amines) is 1. The topological polar surface area (TPSA) is 41.7 Å². The van der Waals surface area contributed by atoms with Crippen LogP contribution in [0.4, 0.5) is 0 Å². The third kappa shape index (κ3) is 4.47. The molecule has 1 fully saturated rings. The van der Waals surface area contributed by atoms with E-state index in [0.717, 1.165) is 6.54 Å². The molecular formula is C11H25N3O. The smallest absolute Gasteiger partial charge is 0.0626 e. The van der Waals surface area contributed by atoms with Crippen LogP contribution in [0.25, 0.3) is 0 Å². The van der Waals surface area contributed by atoms with Gasteiger partial charge in [-0.25, -0.2) is 0 Å². The highest BCUT2D eigenvalue weighted by Crippen LogP contribution is 2.13. The fraction of sp³-hybridized carbons (Fsp3) is 1.00. The van der Waals surface area contributed by atoms with E-state index in [2.05, 4.69) is 23.9 Å². The Kier molecular flexibility index (Phi) is 5.53. The van der Waals surface area contributed by atoms with Gasteiger partial charge < -0.3 is 20.3 Å². The van der Waals surface area contributed by atoms with Crippen LogP contribution in [0.15, 0.2) is 0 Å². The van der Waals surface area contributed by atoms with Crippen LogP contribution in [0.1, 0.15) is 12.8 Å². The molecule has 4 nitrogen and oxygen atoms in total. The van der Waals surface area contributed by atoms with Crippen molar-refractivity contribution in [3.8, 4) is 0 Å². The summed E-state index contributed by atoms with van der Waals surface area (Å²) in [5.41, 5.74) is 5.94. The summed E-state index contributed by atoms with van der Waals surface area (Å²) >= 11 is 0. The van der Waals surface area contributed by atoms with Crippen molar-refractivity contribution in [1.82, 2.24) is 9.80 Å². The second-order valence-electron chi connectivity index (χ2n) is 4.69. The second kappa shape index (κ2) is 6.43. The van der Waals surface area contributed by atoms with E-state index >= 15 is 0 Å². The number of piperidine rings is 1. The number of nitrogens with two attached hydrogens (primary N) is 1. The highest BCUT2D eigenvalue weighted by Gasteiger charge is 2.21.